The Kier molecular flexibility index (Phi) is 8.49. The predicted molar refractivity (Wildman–Crippen MR) is 264 cm³/mol. The first-order valence-corrected chi connectivity index (χ1v) is 22.1. The van der Waals surface area contributed by atoms with Gasteiger partial charge in [0.05, 0.1) is 11.1 Å². The highest BCUT2D eigenvalue weighted by Crippen LogP contribution is 2.62. The van der Waals surface area contributed by atoms with Crippen LogP contribution in [0.15, 0.2) is 237 Å². The van der Waals surface area contributed by atoms with Gasteiger partial charge in [0.25, 0.3) is 0 Å². The Balaban J connectivity index is 1.19. The number of hydrogen-bond donors (Lipinski definition) is 0. The van der Waals surface area contributed by atoms with Gasteiger partial charge in [-0.1, -0.05) is 220 Å². The van der Waals surface area contributed by atoms with Gasteiger partial charge in [0.2, 0.25) is 0 Å². The summed E-state index contributed by atoms with van der Waals surface area (Å²) < 4.78 is 0. The number of hydrogen-bond acceptors (Lipinski definition) is 1. The van der Waals surface area contributed by atoms with Crippen molar-refractivity contribution >= 4 is 27.8 Å². The van der Waals surface area contributed by atoms with Crippen molar-refractivity contribution in [2.24, 2.45) is 0 Å². The fraction of sp³-hybridized carbons (Fsp3) is 0.0645. The Hall–Kier alpha value is -7.74. The number of benzene rings is 10. The molecular formula is C62H45N. The van der Waals surface area contributed by atoms with Crippen molar-refractivity contribution in [2.45, 2.75) is 24.7 Å². The van der Waals surface area contributed by atoms with Gasteiger partial charge in [0, 0.05) is 22.2 Å². The molecule has 0 aliphatic heterocycles. The van der Waals surface area contributed by atoms with Crippen LogP contribution in [-0.2, 0) is 10.8 Å². The van der Waals surface area contributed by atoms with Crippen molar-refractivity contribution in [3.63, 3.8) is 0 Å². The second-order valence-corrected chi connectivity index (χ2v) is 17.6. The minimum Gasteiger partial charge on any atom is -0.310 e. The van der Waals surface area contributed by atoms with E-state index in [-0.39, 0.29) is 5.41 Å². The van der Waals surface area contributed by atoms with E-state index < -0.39 is 5.41 Å². The van der Waals surface area contributed by atoms with Gasteiger partial charge in [-0.05, 0) is 114 Å². The van der Waals surface area contributed by atoms with Crippen molar-refractivity contribution in [3.05, 3.63) is 270 Å². The van der Waals surface area contributed by atoms with E-state index >= 15 is 0 Å². The molecule has 0 bridgehead atoms. The van der Waals surface area contributed by atoms with E-state index in [1.807, 2.05) is 0 Å². The molecule has 2 aliphatic carbocycles. The van der Waals surface area contributed by atoms with Crippen LogP contribution in [0.2, 0.25) is 0 Å². The predicted octanol–water partition coefficient (Wildman–Crippen LogP) is 16.3. The van der Waals surface area contributed by atoms with Crippen LogP contribution in [0.3, 0.4) is 0 Å². The lowest BCUT2D eigenvalue weighted by Crippen LogP contribution is -2.29. The molecule has 2 aliphatic rings. The van der Waals surface area contributed by atoms with Crippen molar-refractivity contribution in [3.8, 4) is 44.5 Å². The normalized spacial score (nSPS) is 13.8. The topological polar surface area (TPSA) is 3.24 Å². The number of rotatable bonds is 7. The molecular weight excluding hydrogens is 759 g/mol. The number of anilines is 3. The lowest BCUT2D eigenvalue weighted by Gasteiger charge is -2.35. The van der Waals surface area contributed by atoms with E-state index in [0.717, 1.165) is 17.1 Å². The SMILES string of the molecule is CC1(C)c2ccccc2-c2ccc(N(c3ccc(-c4ccccc4)cc3)c3cc4c(c5ccccc35)C(c3ccccc3)(c3ccccc3)c3cccc(-c5ccccc5)c3-4)cc21. The Morgan fingerprint density at radius 1 is 0.333 bits per heavy atom. The summed E-state index contributed by atoms with van der Waals surface area (Å²) in [4.78, 5) is 2.52. The van der Waals surface area contributed by atoms with Crippen LogP contribution in [0.4, 0.5) is 17.1 Å². The summed E-state index contributed by atoms with van der Waals surface area (Å²) in [7, 11) is 0. The Morgan fingerprint density at radius 3 is 1.52 bits per heavy atom. The first-order chi connectivity index (χ1) is 31.0. The van der Waals surface area contributed by atoms with E-state index in [1.165, 1.54) is 88.7 Å². The highest BCUT2D eigenvalue weighted by Gasteiger charge is 2.48. The van der Waals surface area contributed by atoms with Crippen molar-refractivity contribution in [1.29, 1.82) is 0 Å². The molecule has 0 saturated carbocycles. The van der Waals surface area contributed by atoms with Crippen LogP contribution in [0, 0.1) is 0 Å². The fourth-order valence-corrected chi connectivity index (χ4v) is 11.1. The molecule has 0 N–H and O–H groups in total. The highest BCUT2D eigenvalue weighted by molar-refractivity contribution is 6.10. The van der Waals surface area contributed by atoms with E-state index in [0.29, 0.717) is 0 Å². The fourth-order valence-electron chi connectivity index (χ4n) is 11.1. The zero-order chi connectivity index (χ0) is 42.1. The number of fused-ring (bicyclic) bond motifs is 8. The first kappa shape index (κ1) is 37.1. The van der Waals surface area contributed by atoms with Crippen LogP contribution in [0.25, 0.3) is 55.3 Å². The van der Waals surface area contributed by atoms with E-state index in [4.69, 9.17) is 0 Å². The quantitative estimate of drug-likeness (QED) is 0.155. The van der Waals surface area contributed by atoms with E-state index in [9.17, 15) is 0 Å². The molecule has 63 heavy (non-hydrogen) atoms. The summed E-state index contributed by atoms with van der Waals surface area (Å²) in [5, 5.41) is 2.45. The summed E-state index contributed by atoms with van der Waals surface area (Å²) in [5.74, 6) is 0. The van der Waals surface area contributed by atoms with Crippen LogP contribution in [-0.4, -0.2) is 0 Å². The van der Waals surface area contributed by atoms with Gasteiger partial charge in [0.15, 0.2) is 0 Å². The lowest BCUT2D eigenvalue weighted by atomic mass is 9.66. The molecule has 0 aromatic heterocycles. The van der Waals surface area contributed by atoms with Gasteiger partial charge < -0.3 is 4.90 Å². The Labute approximate surface area is 370 Å². The summed E-state index contributed by atoms with van der Waals surface area (Å²) in [5.41, 5.74) is 20.6. The van der Waals surface area contributed by atoms with Gasteiger partial charge in [-0.15, -0.1) is 0 Å². The molecule has 0 fully saturated rings. The lowest BCUT2D eigenvalue weighted by molar-refractivity contribution is 0.660. The van der Waals surface area contributed by atoms with E-state index in [1.54, 1.807) is 0 Å². The molecule has 10 aromatic carbocycles. The average Bonchev–Trinajstić information content (AvgIpc) is 3.78. The molecule has 0 saturated heterocycles. The van der Waals surface area contributed by atoms with Crippen LogP contribution >= 0.6 is 0 Å². The third kappa shape index (κ3) is 5.56. The summed E-state index contributed by atoms with van der Waals surface area (Å²) in [6.45, 7) is 4.75. The molecule has 12 rings (SSSR count). The molecule has 0 spiro atoms. The van der Waals surface area contributed by atoms with Gasteiger partial charge in [-0.25, -0.2) is 0 Å². The molecule has 0 unspecified atom stereocenters. The monoisotopic (exact) mass is 803 g/mol. The second kappa shape index (κ2) is 14.4. The third-order valence-corrected chi connectivity index (χ3v) is 13.9. The summed E-state index contributed by atoms with van der Waals surface area (Å²) >= 11 is 0. The molecule has 0 heterocycles. The Morgan fingerprint density at radius 2 is 0.841 bits per heavy atom. The average molecular weight is 804 g/mol. The van der Waals surface area contributed by atoms with Crippen molar-refractivity contribution in [1.82, 2.24) is 0 Å². The number of nitrogens with zero attached hydrogens (tertiary/aromatic N) is 1. The molecule has 0 radical (unpaired) electrons. The maximum absolute atomic E-state index is 2.52. The summed E-state index contributed by atoms with van der Waals surface area (Å²) in [6.07, 6.45) is 0. The standard InChI is InChI=1S/C62H45N/c1-61(2)55-32-18-17-28-50(55)51-39-38-48(40-57(51)61)63(47-36-34-43(35-37-47)42-20-7-3-8-21-42)58-41-54-59-49(44-22-9-4-10-23-44)31-19-33-56(59)62(45-24-11-5-12-25-45,46-26-13-6-14-27-46)60(54)53-30-16-15-29-52(53)58/h3-41H,1-2H3. The summed E-state index contributed by atoms with van der Waals surface area (Å²) in [6, 6.07) is 87.9. The maximum atomic E-state index is 2.52. The van der Waals surface area contributed by atoms with Gasteiger partial charge in [0.1, 0.15) is 0 Å². The zero-order valence-corrected chi connectivity index (χ0v) is 35.5. The molecule has 0 amide bonds. The van der Waals surface area contributed by atoms with Crippen molar-refractivity contribution in [2.75, 3.05) is 4.90 Å². The highest BCUT2D eigenvalue weighted by atomic mass is 15.1. The molecule has 1 heteroatoms. The van der Waals surface area contributed by atoms with Crippen LogP contribution < -0.4 is 4.90 Å². The second-order valence-electron chi connectivity index (χ2n) is 17.6. The first-order valence-electron chi connectivity index (χ1n) is 22.1. The van der Waals surface area contributed by atoms with Gasteiger partial charge in [-0.3, -0.25) is 0 Å². The van der Waals surface area contributed by atoms with Crippen LogP contribution in [0.1, 0.15) is 47.2 Å². The molecule has 10 aromatic rings. The largest absolute Gasteiger partial charge is 0.310 e. The molecule has 1 nitrogen and oxygen atoms in total. The molecule has 0 atom stereocenters. The molecule has 298 valence electrons. The maximum Gasteiger partial charge on any atom is 0.0719 e. The van der Waals surface area contributed by atoms with Gasteiger partial charge in [-0.2, -0.15) is 0 Å². The van der Waals surface area contributed by atoms with Crippen molar-refractivity contribution < 1.29 is 0 Å². The zero-order valence-electron chi connectivity index (χ0n) is 35.5. The minimum atomic E-state index is -0.582. The minimum absolute atomic E-state index is 0.154. The van der Waals surface area contributed by atoms with Crippen LogP contribution in [0.5, 0.6) is 0 Å². The smallest absolute Gasteiger partial charge is 0.0719 e. The Bertz CT molecular complexity index is 3290. The third-order valence-electron chi connectivity index (χ3n) is 13.9. The van der Waals surface area contributed by atoms with E-state index in [2.05, 4.69) is 255 Å². The van der Waals surface area contributed by atoms with Gasteiger partial charge >= 0.3 is 0 Å².